The third-order valence-corrected chi connectivity index (χ3v) is 9.37. The van der Waals surface area contributed by atoms with Crippen molar-refractivity contribution >= 4 is 35.0 Å². The maximum Gasteiger partial charge on any atom is 0.253 e. The van der Waals surface area contributed by atoms with Gasteiger partial charge in [0.2, 0.25) is 11.8 Å². The molecule has 0 aliphatic carbocycles. The van der Waals surface area contributed by atoms with Crippen LogP contribution in [0.2, 0.25) is 5.02 Å². The number of carbonyl (C=O) groups is 3. The fourth-order valence-corrected chi connectivity index (χ4v) is 7.60. The first kappa shape index (κ1) is 31.0. The molecule has 2 aromatic carbocycles. The van der Waals surface area contributed by atoms with E-state index in [2.05, 4.69) is 13.2 Å². The van der Waals surface area contributed by atoms with E-state index < -0.39 is 35.6 Å². The van der Waals surface area contributed by atoms with E-state index in [9.17, 15) is 19.5 Å². The van der Waals surface area contributed by atoms with E-state index in [4.69, 9.17) is 16.3 Å². The van der Waals surface area contributed by atoms with E-state index in [0.717, 1.165) is 12.0 Å². The summed E-state index contributed by atoms with van der Waals surface area (Å²) < 4.78 is 6.67. The van der Waals surface area contributed by atoms with Gasteiger partial charge in [-0.2, -0.15) is 0 Å². The van der Waals surface area contributed by atoms with E-state index in [1.165, 1.54) is 9.80 Å². The zero-order valence-electron chi connectivity index (χ0n) is 24.6. The number of carbonyl (C=O) groups excluding carboxylic acids is 3. The average Bonchev–Trinajstić information content (AvgIpc) is 3.66. The Kier molecular flexibility index (Phi) is 9.39. The number of para-hydroxylation sites is 1. The maximum absolute atomic E-state index is 14.8. The van der Waals surface area contributed by atoms with E-state index in [1.54, 1.807) is 41.3 Å². The lowest BCUT2D eigenvalue weighted by molar-refractivity contribution is -0.147. The van der Waals surface area contributed by atoms with Crippen LogP contribution in [0.3, 0.4) is 0 Å². The zero-order chi connectivity index (χ0) is 30.7. The zero-order valence-corrected chi connectivity index (χ0v) is 25.4. The summed E-state index contributed by atoms with van der Waals surface area (Å²) in [5.41, 5.74) is 0.197. The molecular weight excluding hydrogens is 566 g/mol. The Bertz CT molecular complexity index is 1370. The number of amides is 3. The first-order valence-electron chi connectivity index (χ1n) is 15.0. The molecule has 1 spiro atoms. The molecule has 1 N–H and O–H groups in total. The van der Waals surface area contributed by atoms with Crippen LogP contribution in [-0.2, 0) is 25.5 Å². The number of hydrogen-bond acceptors (Lipinski definition) is 5. The quantitative estimate of drug-likeness (QED) is 0.345. The number of halogens is 1. The molecular formula is C34H40ClN3O5. The lowest BCUT2D eigenvalue weighted by Gasteiger charge is -2.39. The van der Waals surface area contributed by atoms with Gasteiger partial charge in [0.1, 0.15) is 11.6 Å². The number of hydrogen-bond donors (Lipinski definition) is 1. The van der Waals surface area contributed by atoms with E-state index >= 15 is 0 Å². The van der Waals surface area contributed by atoms with Gasteiger partial charge in [-0.1, -0.05) is 73.1 Å². The highest BCUT2D eigenvalue weighted by atomic mass is 35.5. The largest absolute Gasteiger partial charge is 0.394 e. The molecule has 6 atom stereocenters. The van der Waals surface area contributed by atoms with Gasteiger partial charge in [-0.3, -0.25) is 14.4 Å². The van der Waals surface area contributed by atoms with Crippen molar-refractivity contribution in [1.82, 2.24) is 9.80 Å². The van der Waals surface area contributed by atoms with Crippen LogP contribution in [-0.4, -0.2) is 82.7 Å². The van der Waals surface area contributed by atoms with Gasteiger partial charge in [-0.15, -0.1) is 13.2 Å². The molecule has 3 heterocycles. The summed E-state index contributed by atoms with van der Waals surface area (Å²) in [6.45, 7) is 10.4. The molecule has 3 aliphatic heterocycles. The van der Waals surface area contributed by atoms with Gasteiger partial charge in [0, 0.05) is 19.6 Å². The minimum absolute atomic E-state index is 0.153. The van der Waals surface area contributed by atoms with E-state index in [1.807, 2.05) is 37.3 Å². The third kappa shape index (κ3) is 5.41. The predicted octanol–water partition coefficient (Wildman–Crippen LogP) is 4.26. The summed E-state index contributed by atoms with van der Waals surface area (Å²) in [5, 5.41) is 11.1. The van der Waals surface area contributed by atoms with Crippen LogP contribution >= 0.6 is 11.6 Å². The smallest absolute Gasteiger partial charge is 0.253 e. The summed E-state index contributed by atoms with van der Waals surface area (Å²) in [5.74, 6) is -2.43. The minimum atomic E-state index is -1.21. The second kappa shape index (κ2) is 13.0. The molecule has 43 heavy (non-hydrogen) atoms. The number of fused-ring (bicyclic) bond motifs is 1. The lowest BCUT2D eigenvalue weighted by Crippen LogP contribution is -2.59. The molecule has 8 nitrogen and oxygen atoms in total. The summed E-state index contributed by atoms with van der Waals surface area (Å²) >= 11 is 6.58. The van der Waals surface area contributed by atoms with Crippen LogP contribution in [0.5, 0.6) is 0 Å². The van der Waals surface area contributed by atoms with Gasteiger partial charge in [-0.05, 0) is 43.4 Å². The number of rotatable bonds is 13. The number of aliphatic hydroxyl groups excluding tert-OH is 1. The number of likely N-dealkylation sites (tertiary alicyclic amines) is 1. The van der Waals surface area contributed by atoms with Crippen molar-refractivity contribution in [2.24, 2.45) is 11.8 Å². The molecule has 3 fully saturated rings. The topological polar surface area (TPSA) is 90.4 Å². The molecule has 0 radical (unpaired) electrons. The fourth-order valence-electron chi connectivity index (χ4n) is 7.36. The first-order valence-corrected chi connectivity index (χ1v) is 15.4. The normalized spacial score (nSPS) is 26.2. The lowest BCUT2D eigenvalue weighted by atomic mass is 9.70. The maximum atomic E-state index is 14.8. The SMILES string of the molecule is C=CCN(CCC)C(=O)[C@@H]1[C@H]2C(=O)N([C@@H](CO)Cc3ccccc3)C(C(=O)N(CC=C)c3ccccc3Cl)C23CC[C@H]1O3. The Balaban J connectivity index is 1.61. The van der Waals surface area contributed by atoms with Crippen molar-refractivity contribution in [3.05, 3.63) is 90.5 Å². The van der Waals surface area contributed by atoms with Crippen molar-refractivity contribution in [2.75, 3.05) is 31.1 Å². The number of ether oxygens (including phenoxy) is 1. The Hall–Kier alpha value is -3.46. The summed E-state index contributed by atoms with van der Waals surface area (Å²) in [4.78, 5) is 48.3. The Morgan fingerprint density at radius 1 is 1.12 bits per heavy atom. The third-order valence-electron chi connectivity index (χ3n) is 9.05. The van der Waals surface area contributed by atoms with Crippen LogP contribution in [0.25, 0.3) is 0 Å². The van der Waals surface area contributed by atoms with Gasteiger partial charge < -0.3 is 24.5 Å². The van der Waals surface area contributed by atoms with Crippen molar-refractivity contribution in [3.8, 4) is 0 Å². The standard InChI is InChI=1S/C34H40ClN3O5/c1-4-18-36(19-5-2)31(40)28-27-16-17-34(43-27)29(28)32(41)38(24(22-39)21-23-12-8-7-9-13-23)30(34)33(42)37(20-6-3)26-15-11-10-14-25(26)35/h4,6-15,24,27-30,39H,1,3,5,16-22H2,2H3/t24-,27-,28+,29+,30?,34?/m1/s1. The van der Waals surface area contributed by atoms with Crippen LogP contribution in [0.1, 0.15) is 31.7 Å². The molecule has 3 aliphatic rings. The van der Waals surface area contributed by atoms with Gasteiger partial charge in [0.15, 0.2) is 0 Å². The van der Waals surface area contributed by atoms with Crippen LogP contribution < -0.4 is 4.90 Å². The Morgan fingerprint density at radius 2 is 1.81 bits per heavy atom. The van der Waals surface area contributed by atoms with Crippen molar-refractivity contribution in [2.45, 2.75) is 56.4 Å². The van der Waals surface area contributed by atoms with Gasteiger partial charge in [0.25, 0.3) is 5.91 Å². The van der Waals surface area contributed by atoms with Crippen molar-refractivity contribution in [1.29, 1.82) is 0 Å². The van der Waals surface area contributed by atoms with Gasteiger partial charge in [-0.25, -0.2) is 0 Å². The molecule has 2 bridgehead atoms. The molecule has 9 heteroatoms. The molecule has 0 saturated carbocycles. The molecule has 228 valence electrons. The molecule has 2 unspecified atom stereocenters. The number of anilines is 1. The highest BCUT2D eigenvalue weighted by Gasteiger charge is 2.75. The number of aliphatic hydroxyl groups is 1. The van der Waals surface area contributed by atoms with E-state index in [0.29, 0.717) is 43.1 Å². The predicted molar refractivity (Wildman–Crippen MR) is 167 cm³/mol. The first-order chi connectivity index (χ1) is 20.8. The second-order valence-corrected chi connectivity index (χ2v) is 12.0. The summed E-state index contributed by atoms with van der Waals surface area (Å²) in [7, 11) is 0. The average molecular weight is 606 g/mol. The highest BCUT2D eigenvalue weighted by Crippen LogP contribution is 2.59. The number of nitrogens with zero attached hydrogens (tertiary/aromatic N) is 3. The Labute approximate surface area is 258 Å². The van der Waals surface area contributed by atoms with Gasteiger partial charge in [0.05, 0.1) is 41.3 Å². The van der Waals surface area contributed by atoms with Crippen molar-refractivity contribution in [3.63, 3.8) is 0 Å². The molecule has 3 amide bonds. The summed E-state index contributed by atoms with van der Waals surface area (Å²) in [6, 6.07) is 14.8. The highest BCUT2D eigenvalue weighted by molar-refractivity contribution is 6.34. The second-order valence-electron chi connectivity index (χ2n) is 11.6. The van der Waals surface area contributed by atoms with Gasteiger partial charge >= 0.3 is 0 Å². The molecule has 2 aromatic rings. The fraction of sp³-hybridized carbons (Fsp3) is 0.441. The van der Waals surface area contributed by atoms with Crippen molar-refractivity contribution < 1.29 is 24.2 Å². The van der Waals surface area contributed by atoms with E-state index in [-0.39, 0.29) is 30.9 Å². The molecule has 3 saturated heterocycles. The minimum Gasteiger partial charge on any atom is -0.394 e. The monoisotopic (exact) mass is 605 g/mol. The summed E-state index contributed by atoms with van der Waals surface area (Å²) in [6.07, 6.45) is 4.93. The van der Waals surface area contributed by atoms with Crippen LogP contribution in [0.15, 0.2) is 79.9 Å². The number of benzene rings is 2. The Morgan fingerprint density at radius 3 is 2.47 bits per heavy atom. The molecule has 0 aromatic heterocycles. The molecule has 5 rings (SSSR count). The van der Waals surface area contributed by atoms with Crippen LogP contribution in [0.4, 0.5) is 5.69 Å². The van der Waals surface area contributed by atoms with Crippen LogP contribution in [0, 0.1) is 11.8 Å².